The summed E-state index contributed by atoms with van der Waals surface area (Å²) in [7, 11) is 0. The molecular formula is C41H30F3NO6. The second-order valence-corrected chi connectivity index (χ2v) is 12.0. The number of para-hydroxylation sites is 1. The monoisotopic (exact) mass is 689 g/mol. The molecule has 256 valence electrons. The highest BCUT2D eigenvalue weighted by Gasteiger charge is 2.34. The minimum Gasteiger partial charge on any atom is -0.489 e. The molecule has 2 N–H and O–H groups in total. The topological polar surface area (TPSA) is 114 Å². The Labute approximate surface area is 290 Å². The Kier molecular flexibility index (Phi) is 9.95. The number of hydrogen-bond donors (Lipinski definition) is 2. The molecule has 1 heterocycles. The number of carbonyl (C=O) groups excluding carboxylic acids is 1. The molecule has 6 rings (SSSR count). The average molecular weight is 690 g/mol. The summed E-state index contributed by atoms with van der Waals surface area (Å²) in [4.78, 5) is 40.9. The van der Waals surface area contributed by atoms with Crippen LogP contribution in [-0.4, -0.2) is 32.9 Å². The predicted octanol–water partition coefficient (Wildman–Crippen LogP) is 8.77. The lowest BCUT2D eigenvalue weighted by atomic mass is 9.91. The Morgan fingerprint density at radius 2 is 1.41 bits per heavy atom. The third-order valence-electron chi connectivity index (χ3n) is 8.51. The lowest BCUT2D eigenvalue weighted by molar-refractivity contribution is -0.139. The van der Waals surface area contributed by atoms with Crippen LogP contribution in [0.3, 0.4) is 0 Å². The van der Waals surface area contributed by atoms with Crippen molar-refractivity contribution >= 4 is 28.6 Å². The molecule has 51 heavy (non-hydrogen) atoms. The second-order valence-electron chi connectivity index (χ2n) is 12.0. The van der Waals surface area contributed by atoms with E-state index in [2.05, 4.69) is 4.98 Å². The maximum absolute atomic E-state index is 14.0. The summed E-state index contributed by atoms with van der Waals surface area (Å²) in [6.45, 7) is 0.109. The summed E-state index contributed by atoms with van der Waals surface area (Å²) in [5, 5.41) is 19.1. The van der Waals surface area contributed by atoms with E-state index in [1.807, 2.05) is 0 Å². The van der Waals surface area contributed by atoms with E-state index in [0.717, 1.165) is 17.2 Å². The number of aromatic nitrogens is 1. The highest BCUT2D eigenvalue weighted by molar-refractivity contribution is 6.16. The smallest absolute Gasteiger partial charge is 0.418 e. The molecule has 0 aliphatic rings. The fourth-order valence-electron chi connectivity index (χ4n) is 5.99. The molecule has 0 fully saturated rings. The zero-order valence-corrected chi connectivity index (χ0v) is 26.9. The van der Waals surface area contributed by atoms with Gasteiger partial charge in [-0.05, 0) is 52.4 Å². The second kappa shape index (κ2) is 14.7. The van der Waals surface area contributed by atoms with Gasteiger partial charge in [-0.2, -0.15) is 13.2 Å². The molecule has 7 nitrogen and oxygen atoms in total. The number of halogens is 3. The first-order chi connectivity index (χ1) is 24.5. The third kappa shape index (κ3) is 7.96. The van der Waals surface area contributed by atoms with E-state index in [4.69, 9.17) is 9.84 Å². The summed E-state index contributed by atoms with van der Waals surface area (Å²) >= 11 is 0. The van der Waals surface area contributed by atoms with Crippen LogP contribution >= 0.6 is 0 Å². The number of pyridine rings is 1. The number of aliphatic carboxylic acids is 2. The van der Waals surface area contributed by atoms with Crippen molar-refractivity contribution in [3.05, 3.63) is 166 Å². The number of hydrogen-bond acceptors (Lipinski definition) is 5. The van der Waals surface area contributed by atoms with Gasteiger partial charge in [0.1, 0.15) is 12.4 Å². The van der Waals surface area contributed by atoms with Crippen molar-refractivity contribution in [3.8, 4) is 16.9 Å². The fourth-order valence-corrected chi connectivity index (χ4v) is 5.99. The van der Waals surface area contributed by atoms with Gasteiger partial charge >= 0.3 is 18.1 Å². The number of benzene rings is 5. The number of rotatable bonds is 12. The average Bonchev–Trinajstić information content (AvgIpc) is 3.12. The van der Waals surface area contributed by atoms with Crippen molar-refractivity contribution in [2.24, 2.45) is 0 Å². The van der Waals surface area contributed by atoms with Crippen molar-refractivity contribution in [2.75, 3.05) is 0 Å². The number of carboxylic acid groups (broad SMARTS) is 2. The SMILES string of the molecule is O=C(O)Cc1ccc(CC(C(=O)O)c2ccc(COc3cccc(-c4c(C(=O)c5ccccc5)cnc5c(C(F)(F)F)cccc45)c3)cc2)cc1. The molecule has 1 unspecified atom stereocenters. The van der Waals surface area contributed by atoms with Crippen LogP contribution in [0, 0.1) is 0 Å². The summed E-state index contributed by atoms with van der Waals surface area (Å²) in [5.74, 6) is -2.76. The zero-order valence-electron chi connectivity index (χ0n) is 26.9. The van der Waals surface area contributed by atoms with Crippen LogP contribution in [0.4, 0.5) is 13.2 Å². The Bertz CT molecular complexity index is 2220. The van der Waals surface area contributed by atoms with Gasteiger partial charge in [-0.15, -0.1) is 0 Å². The van der Waals surface area contributed by atoms with Crippen LogP contribution < -0.4 is 4.74 Å². The van der Waals surface area contributed by atoms with Gasteiger partial charge in [0.2, 0.25) is 0 Å². The number of nitrogens with zero attached hydrogens (tertiary/aromatic N) is 1. The molecule has 5 aromatic carbocycles. The van der Waals surface area contributed by atoms with E-state index < -0.39 is 35.4 Å². The van der Waals surface area contributed by atoms with E-state index in [0.29, 0.717) is 33.6 Å². The number of carbonyl (C=O) groups is 3. The summed E-state index contributed by atoms with van der Waals surface area (Å²) < 4.78 is 48.0. The van der Waals surface area contributed by atoms with Gasteiger partial charge < -0.3 is 14.9 Å². The van der Waals surface area contributed by atoms with Gasteiger partial charge in [-0.3, -0.25) is 19.4 Å². The molecule has 0 saturated carbocycles. The Hall–Kier alpha value is -6.29. The normalized spacial score (nSPS) is 12.0. The van der Waals surface area contributed by atoms with Gasteiger partial charge in [0, 0.05) is 28.3 Å². The van der Waals surface area contributed by atoms with Gasteiger partial charge in [-0.1, -0.05) is 103 Å². The van der Waals surface area contributed by atoms with Crippen LogP contribution in [-0.2, 0) is 35.2 Å². The van der Waals surface area contributed by atoms with E-state index in [-0.39, 0.29) is 35.9 Å². The molecule has 10 heteroatoms. The third-order valence-corrected chi connectivity index (χ3v) is 8.51. The summed E-state index contributed by atoms with van der Waals surface area (Å²) in [6, 6.07) is 32.7. The number of ketones is 1. The quantitative estimate of drug-likeness (QED) is 0.124. The molecule has 1 atom stereocenters. The van der Waals surface area contributed by atoms with Crippen molar-refractivity contribution in [2.45, 2.75) is 31.5 Å². The molecule has 0 bridgehead atoms. The van der Waals surface area contributed by atoms with E-state index in [9.17, 15) is 32.7 Å². The Morgan fingerprint density at radius 3 is 2.08 bits per heavy atom. The molecule has 0 spiro atoms. The van der Waals surface area contributed by atoms with Crippen molar-refractivity contribution < 1.29 is 42.5 Å². The number of fused-ring (bicyclic) bond motifs is 1. The van der Waals surface area contributed by atoms with Gasteiger partial charge in [0.15, 0.2) is 5.78 Å². The number of carboxylic acids is 2. The molecular weight excluding hydrogens is 659 g/mol. The minimum absolute atomic E-state index is 0.109. The van der Waals surface area contributed by atoms with Gasteiger partial charge in [-0.25, -0.2) is 0 Å². The largest absolute Gasteiger partial charge is 0.489 e. The van der Waals surface area contributed by atoms with Crippen molar-refractivity contribution in [1.29, 1.82) is 0 Å². The van der Waals surface area contributed by atoms with Gasteiger partial charge in [0.05, 0.1) is 23.4 Å². The molecule has 0 aliphatic heterocycles. The van der Waals surface area contributed by atoms with Crippen LogP contribution in [0.2, 0.25) is 0 Å². The van der Waals surface area contributed by atoms with E-state index in [1.54, 1.807) is 103 Å². The van der Waals surface area contributed by atoms with E-state index in [1.165, 1.54) is 18.3 Å². The van der Waals surface area contributed by atoms with Gasteiger partial charge in [0.25, 0.3) is 0 Å². The first-order valence-corrected chi connectivity index (χ1v) is 15.9. The molecule has 0 aliphatic carbocycles. The molecule has 0 amide bonds. The van der Waals surface area contributed by atoms with Crippen LogP contribution in [0.15, 0.2) is 128 Å². The summed E-state index contributed by atoms with van der Waals surface area (Å²) in [5.41, 5.74) is 2.80. The van der Waals surface area contributed by atoms with Crippen LogP contribution in [0.25, 0.3) is 22.0 Å². The summed E-state index contributed by atoms with van der Waals surface area (Å²) in [6.07, 6.45) is -3.37. The zero-order chi connectivity index (χ0) is 36.1. The molecule has 0 saturated heterocycles. The Morgan fingerprint density at radius 1 is 0.745 bits per heavy atom. The van der Waals surface area contributed by atoms with Crippen LogP contribution in [0.1, 0.15) is 49.7 Å². The fraction of sp³-hybridized carbons (Fsp3) is 0.122. The van der Waals surface area contributed by atoms with Crippen molar-refractivity contribution in [1.82, 2.24) is 4.98 Å². The molecule has 1 aromatic heterocycles. The minimum atomic E-state index is -4.66. The first-order valence-electron chi connectivity index (χ1n) is 15.9. The maximum Gasteiger partial charge on any atom is 0.418 e. The standard InChI is InChI=1S/C41H30F3NO6/c42-41(43,44)35-11-5-10-32-37(34(23-45-38(32)35)39(48)29-6-2-1-3-7-29)30-8-4-9-31(22-30)51-24-27-16-18-28(19-17-27)33(40(49)50)20-25-12-14-26(15-13-25)21-36(46)47/h1-19,22-23,33H,20-21,24H2,(H,46,47)(H,49,50). The lowest BCUT2D eigenvalue weighted by Gasteiger charge is -2.17. The highest BCUT2D eigenvalue weighted by atomic mass is 19.4. The maximum atomic E-state index is 14.0. The Balaban J connectivity index is 1.25. The number of ether oxygens (including phenoxy) is 1. The molecule has 6 aromatic rings. The molecule has 0 radical (unpaired) electrons. The van der Waals surface area contributed by atoms with Crippen molar-refractivity contribution in [3.63, 3.8) is 0 Å². The highest BCUT2D eigenvalue weighted by Crippen LogP contribution is 2.39. The first kappa shape index (κ1) is 34.6. The lowest BCUT2D eigenvalue weighted by Crippen LogP contribution is -2.14. The van der Waals surface area contributed by atoms with Crippen LogP contribution in [0.5, 0.6) is 5.75 Å². The van der Waals surface area contributed by atoms with E-state index >= 15 is 0 Å². The predicted molar refractivity (Wildman–Crippen MR) is 185 cm³/mol. The number of alkyl halides is 3.